The van der Waals surface area contributed by atoms with Crippen LogP contribution in [-0.4, -0.2) is 9.13 Å². The fraction of sp³-hybridized carbons (Fsp3) is 0.0250. The zero-order valence-electron chi connectivity index (χ0n) is 45.1. The van der Waals surface area contributed by atoms with Crippen LogP contribution in [-0.2, 0) is 10.8 Å². The highest BCUT2D eigenvalue weighted by atomic mass is 15.2. The molecule has 1 atom stereocenters. The van der Waals surface area contributed by atoms with E-state index in [1.165, 1.54) is 133 Å². The van der Waals surface area contributed by atoms with Gasteiger partial charge in [0.1, 0.15) is 0 Å². The number of benzene rings is 13. The van der Waals surface area contributed by atoms with Gasteiger partial charge >= 0.3 is 0 Å². The van der Waals surface area contributed by atoms with Gasteiger partial charge in [0, 0.05) is 44.0 Å². The quantitative estimate of drug-likeness (QED) is 0.167. The number of hydrogen-bond acceptors (Lipinski definition) is 1. The number of para-hydroxylation sites is 5. The normalized spacial score (nSPS) is 15.1. The Morgan fingerprint density at radius 1 is 0.253 bits per heavy atom. The Bertz CT molecular complexity index is 5190. The molecule has 3 heterocycles. The van der Waals surface area contributed by atoms with Gasteiger partial charge in [0.05, 0.1) is 50.0 Å². The van der Waals surface area contributed by atoms with E-state index in [1.54, 1.807) is 0 Å². The van der Waals surface area contributed by atoms with Gasteiger partial charge in [0.25, 0.3) is 0 Å². The van der Waals surface area contributed by atoms with Crippen LogP contribution >= 0.6 is 0 Å². The Hall–Kier alpha value is -10.7. The third kappa shape index (κ3) is 5.59. The molecule has 384 valence electrons. The fourth-order valence-electron chi connectivity index (χ4n) is 16.3. The van der Waals surface area contributed by atoms with Gasteiger partial charge in [-0.1, -0.05) is 237 Å². The molecule has 0 saturated carbocycles. The van der Waals surface area contributed by atoms with E-state index in [-0.39, 0.29) is 0 Å². The SMILES string of the molecule is c1ccc2c(c1)-c1ccccc1C21c2ccccc2-c2c(N(c3ccc(-c4ccc(-n5c6ccccc6c6ccccc65)cc4)cc3)c3cccc4c3-c3ccccc3C43c4ccccc4-n4c5ccccc5c5cccc3c54)cccc21. The summed E-state index contributed by atoms with van der Waals surface area (Å²) in [5.74, 6) is 0. The van der Waals surface area contributed by atoms with Crippen molar-refractivity contribution in [3.8, 4) is 55.9 Å². The van der Waals surface area contributed by atoms with Crippen molar-refractivity contribution in [2.45, 2.75) is 10.8 Å². The van der Waals surface area contributed by atoms with Crippen LogP contribution in [0.5, 0.6) is 0 Å². The van der Waals surface area contributed by atoms with Crippen molar-refractivity contribution in [3.05, 3.63) is 342 Å². The number of nitrogens with zero attached hydrogens (tertiary/aromatic N) is 3. The van der Waals surface area contributed by atoms with Crippen LogP contribution in [0.15, 0.2) is 297 Å². The van der Waals surface area contributed by atoms with Crippen LogP contribution in [0.3, 0.4) is 0 Å². The predicted octanol–water partition coefficient (Wildman–Crippen LogP) is 20.0. The van der Waals surface area contributed by atoms with Crippen molar-refractivity contribution in [2.75, 3.05) is 4.90 Å². The van der Waals surface area contributed by atoms with Crippen molar-refractivity contribution in [2.24, 2.45) is 0 Å². The third-order valence-electron chi connectivity index (χ3n) is 19.3. The van der Waals surface area contributed by atoms with Gasteiger partial charge < -0.3 is 14.0 Å². The highest BCUT2D eigenvalue weighted by Gasteiger charge is 2.54. The van der Waals surface area contributed by atoms with Crippen LogP contribution in [0, 0.1) is 0 Å². The van der Waals surface area contributed by atoms with E-state index in [1.807, 2.05) is 0 Å². The number of anilines is 3. The molecule has 0 amide bonds. The maximum Gasteiger partial charge on any atom is 0.0755 e. The van der Waals surface area contributed by atoms with E-state index in [2.05, 4.69) is 311 Å². The minimum atomic E-state index is -0.615. The van der Waals surface area contributed by atoms with E-state index < -0.39 is 10.8 Å². The summed E-state index contributed by atoms with van der Waals surface area (Å²) in [6.45, 7) is 0. The predicted molar refractivity (Wildman–Crippen MR) is 342 cm³/mol. The Labute approximate surface area is 480 Å². The Kier molecular flexibility index (Phi) is 8.92. The van der Waals surface area contributed by atoms with Gasteiger partial charge in [0.2, 0.25) is 0 Å². The Morgan fingerprint density at radius 2 is 0.627 bits per heavy atom. The van der Waals surface area contributed by atoms with Gasteiger partial charge in [-0.2, -0.15) is 0 Å². The minimum Gasteiger partial charge on any atom is -0.309 e. The van der Waals surface area contributed by atoms with E-state index in [0.29, 0.717) is 0 Å². The van der Waals surface area contributed by atoms with E-state index >= 15 is 0 Å². The molecule has 0 radical (unpaired) electrons. The zero-order chi connectivity index (χ0) is 54.1. The van der Waals surface area contributed by atoms with Gasteiger partial charge in [-0.05, 0) is 139 Å². The first kappa shape index (κ1) is 45.0. The molecular formula is C80H49N3. The molecule has 15 aromatic rings. The lowest BCUT2D eigenvalue weighted by Gasteiger charge is -2.39. The minimum absolute atomic E-state index is 0.506. The molecule has 2 aromatic heterocycles. The largest absolute Gasteiger partial charge is 0.309 e. The zero-order valence-corrected chi connectivity index (χ0v) is 45.1. The number of hydrogen-bond donors (Lipinski definition) is 0. The number of fused-ring (bicyclic) bond motifs is 25. The average Bonchev–Trinajstić information content (AvgIpc) is 1.95. The lowest BCUT2D eigenvalue weighted by molar-refractivity contribution is 0.748. The average molecular weight is 1050 g/mol. The molecule has 3 aliphatic carbocycles. The molecular weight excluding hydrogens is 1000 g/mol. The number of rotatable bonds is 5. The summed E-state index contributed by atoms with van der Waals surface area (Å²) in [4.78, 5) is 2.61. The van der Waals surface area contributed by atoms with Gasteiger partial charge in [-0.25, -0.2) is 0 Å². The maximum absolute atomic E-state index is 2.61. The van der Waals surface area contributed by atoms with E-state index in [0.717, 1.165) is 28.3 Å². The summed E-state index contributed by atoms with van der Waals surface area (Å²) in [5.41, 5.74) is 30.0. The number of aromatic nitrogens is 2. The topological polar surface area (TPSA) is 13.1 Å². The van der Waals surface area contributed by atoms with Gasteiger partial charge in [-0.15, -0.1) is 0 Å². The van der Waals surface area contributed by atoms with Crippen molar-refractivity contribution < 1.29 is 0 Å². The van der Waals surface area contributed by atoms with E-state index in [4.69, 9.17) is 0 Å². The van der Waals surface area contributed by atoms with Gasteiger partial charge in [0.15, 0.2) is 0 Å². The first-order valence-electron chi connectivity index (χ1n) is 29.0. The molecule has 3 nitrogen and oxygen atoms in total. The summed E-state index contributed by atoms with van der Waals surface area (Å²) < 4.78 is 4.93. The summed E-state index contributed by atoms with van der Waals surface area (Å²) in [7, 11) is 0. The molecule has 4 aliphatic rings. The van der Waals surface area contributed by atoms with Crippen LogP contribution in [0.25, 0.3) is 99.5 Å². The molecule has 1 aliphatic heterocycles. The van der Waals surface area contributed by atoms with Crippen molar-refractivity contribution >= 4 is 60.7 Å². The van der Waals surface area contributed by atoms with Gasteiger partial charge in [-0.3, -0.25) is 0 Å². The van der Waals surface area contributed by atoms with Crippen molar-refractivity contribution in [3.63, 3.8) is 0 Å². The molecule has 19 rings (SSSR count). The molecule has 0 bridgehead atoms. The van der Waals surface area contributed by atoms with E-state index in [9.17, 15) is 0 Å². The standard InChI is InChI=1S/C80H49N3/c1-8-28-62-54(20-1)55-21-2-9-29-63(55)79(62)64-30-10-3-25-60(64)76-67(79)33-18-40-74(76)82(53-48-44-51(45-49-53)50-42-46-52(47-43-50)81-70-36-13-5-22-56(70)57-23-6-14-37-71(57)81)75-41-19-34-68-77(75)61-26-4-11-31-65(61)80(68)66-32-12-16-39-73(66)83-72-38-15-7-24-58(72)59-27-17-35-69(80)78(59)83/h1-49H. The molecule has 2 spiro atoms. The fourth-order valence-corrected chi connectivity index (χ4v) is 16.3. The summed E-state index contributed by atoms with van der Waals surface area (Å²) in [6, 6.07) is 112. The van der Waals surface area contributed by atoms with Crippen molar-refractivity contribution in [1.29, 1.82) is 0 Å². The maximum atomic E-state index is 2.61. The van der Waals surface area contributed by atoms with Crippen LogP contribution in [0.4, 0.5) is 17.1 Å². The second-order valence-corrected chi connectivity index (χ2v) is 23.0. The second-order valence-electron chi connectivity index (χ2n) is 23.0. The molecule has 0 fully saturated rings. The summed E-state index contributed by atoms with van der Waals surface area (Å²) >= 11 is 0. The first-order valence-corrected chi connectivity index (χ1v) is 29.0. The highest BCUT2D eigenvalue weighted by Crippen LogP contribution is 2.67. The third-order valence-corrected chi connectivity index (χ3v) is 19.3. The molecule has 83 heavy (non-hydrogen) atoms. The highest BCUT2D eigenvalue weighted by molar-refractivity contribution is 6.14. The summed E-state index contributed by atoms with van der Waals surface area (Å²) in [5, 5.41) is 5.08. The van der Waals surface area contributed by atoms with Crippen LogP contribution < -0.4 is 4.90 Å². The molecule has 13 aromatic carbocycles. The molecule has 0 N–H and O–H groups in total. The first-order chi connectivity index (χ1) is 41.2. The smallest absolute Gasteiger partial charge is 0.0755 e. The van der Waals surface area contributed by atoms with Crippen molar-refractivity contribution in [1.82, 2.24) is 9.13 Å². The lowest BCUT2D eigenvalue weighted by atomic mass is 9.65. The molecule has 0 saturated heterocycles. The molecule has 1 unspecified atom stereocenters. The monoisotopic (exact) mass is 1050 g/mol. The second kappa shape index (κ2) is 16.4. The molecule has 3 heteroatoms. The van der Waals surface area contributed by atoms with Crippen LogP contribution in [0.2, 0.25) is 0 Å². The summed E-state index contributed by atoms with van der Waals surface area (Å²) in [6.07, 6.45) is 0. The van der Waals surface area contributed by atoms with Crippen LogP contribution in [0.1, 0.15) is 44.5 Å². The Balaban J connectivity index is 0.858. The lowest BCUT2D eigenvalue weighted by Crippen LogP contribution is -2.33. The Morgan fingerprint density at radius 3 is 1.18 bits per heavy atom.